The second-order valence-corrected chi connectivity index (χ2v) is 5.92. The minimum Gasteiger partial charge on any atom is -0.497 e. The molecule has 0 fully saturated rings. The van der Waals surface area contributed by atoms with Gasteiger partial charge >= 0.3 is 5.97 Å². The number of anilines is 4. The number of aromatic nitrogens is 2. The second-order valence-electron chi connectivity index (χ2n) is 5.92. The Balaban J connectivity index is 1.86. The fourth-order valence-electron chi connectivity index (χ4n) is 2.59. The molecule has 3 N–H and O–H groups in total. The number of hydrogen-bond donors (Lipinski definition) is 3. The van der Waals surface area contributed by atoms with E-state index in [0.29, 0.717) is 34.6 Å². The van der Waals surface area contributed by atoms with Crippen molar-refractivity contribution in [2.45, 2.75) is 6.92 Å². The van der Waals surface area contributed by atoms with Gasteiger partial charge in [0.2, 0.25) is 5.95 Å². The maximum atomic E-state index is 11.1. The Hall–Kier alpha value is -3.81. The first-order valence-electron chi connectivity index (χ1n) is 8.43. The van der Waals surface area contributed by atoms with Crippen LogP contribution in [0.2, 0.25) is 0 Å². The van der Waals surface area contributed by atoms with Gasteiger partial charge in [-0.3, -0.25) is 0 Å². The predicted octanol–water partition coefficient (Wildman–Crippen LogP) is 3.99. The van der Waals surface area contributed by atoms with Crippen LogP contribution < -0.4 is 20.1 Å². The average Bonchev–Trinajstić information content (AvgIpc) is 2.68. The number of rotatable bonds is 7. The van der Waals surface area contributed by atoms with Crippen molar-refractivity contribution in [2.24, 2.45) is 0 Å². The summed E-state index contributed by atoms with van der Waals surface area (Å²) in [5, 5.41) is 15.4. The van der Waals surface area contributed by atoms with Crippen LogP contribution in [-0.4, -0.2) is 35.3 Å². The summed E-state index contributed by atoms with van der Waals surface area (Å²) in [6.07, 6.45) is 0. The summed E-state index contributed by atoms with van der Waals surface area (Å²) in [6.45, 7) is 1.84. The molecule has 0 aliphatic carbocycles. The standard InChI is InChI=1S/C20H20N4O4/c1-12-9-18(22-14-6-4-5-13(10-14)19(25)26)24-20(21-12)23-16-8-7-15(27-2)11-17(16)28-3/h4-11H,1-3H3,(H,25,26)(H2,21,22,23,24). The topological polar surface area (TPSA) is 106 Å². The molecule has 1 heterocycles. The first-order chi connectivity index (χ1) is 13.5. The summed E-state index contributed by atoms with van der Waals surface area (Å²) in [4.78, 5) is 20.0. The molecule has 144 valence electrons. The third-order valence-electron chi connectivity index (χ3n) is 3.89. The summed E-state index contributed by atoms with van der Waals surface area (Å²) in [6, 6.07) is 13.6. The second kappa shape index (κ2) is 8.26. The first-order valence-corrected chi connectivity index (χ1v) is 8.43. The van der Waals surface area contributed by atoms with Gasteiger partial charge in [0.25, 0.3) is 0 Å². The lowest BCUT2D eigenvalue weighted by Crippen LogP contribution is -2.04. The van der Waals surface area contributed by atoms with Crippen molar-refractivity contribution in [1.82, 2.24) is 9.97 Å². The molecule has 3 aromatic rings. The monoisotopic (exact) mass is 380 g/mol. The number of benzene rings is 2. The van der Waals surface area contributed by atoms with Crippen molar-refractivity contribution in [3.63, 3.8) is 0 Å². The van der Waals surface area contributed by atoms with Gasteiger partial charge in [0.1, 0.15) is 17.3 Å². The minimum atomic E-state index is -0.989. The van der Waals surface area contributed by atoms with Gasteiger partial charge in [0, 0.05) is 23.5 Å². The van der Waals surface area contributed by atoms with Gasteiger partial charge in [-0.1, -0.05) is 6.07 Å². The molecular formula is C20H20N4O4. The van der Waals surface area contributed by atoms with E-state index in [9.17, 15) is 4.79 Å². The molecule has 0 aliphatic heterocycles. The normalized spacial score (nSPS) is 10.2. The molecule has 3 rings (SSSR count). The maximum Gasteiger partial charge on any atom is 0.335 e. The van der Waals surface area contributed by atoms with E-state index in [-0.39, 0.29) is 5.56 Å². The van der Waals surface area contributed by atoms with E-state index in [0.717, 1.165) is 5.69 Å². The van der Waals surface area contributed by atoms with Crippen molar-refractivity contribution in [3.05, 3.63) is 59.8 Å². The van der Waals surface area contributed by atoms with E-state index in [2.05, 4.69) is 20.6 Å². The van der Waals surface area contributed by atoms with Crippen LogP contribution in [0.1, 0.15) is 16.1 Å². The molecule has 2 aromatic carbocycles. The Morgan fingerprint density at radius 2 is 1.82 bits per heavy atom. The zero-order valence-corrected chi connectivity index (χ0v) is 15.7. The fraction of sp³-hybridized carbons (Fsp3) is 0.150. The molecule has 0 aliphatic rings. The van der Waals surface area contributed by atoms with Crippen molar-refractivity contribution in [1.29, 1.82) is 0 Å². The minimum absolute atomic E-state index is 0.192. The van der Waals surface area contributed by atoms with Crippen molar-refractivity contribution >= 4 is 29.1 Å². The molecular weight excluding hydrogens is 360 g/mol. The van der Waals surface area contributed by atoms with Crippen molar-refractivity contribution in [2.75, 3.05) is 24.9 Å². The lowest BCUT2D eigenvalue weighted by molar-refractivity contribution is 0.0697. The van der Waals surface area contributed by atoms with Crippen LogP contribution in [0.25, 0.3) is 0 Å². The molecule has 0 spiro atoms. The largest absolute Gasteiger partial charge is 0.497 e. The first kappa shape index (κ1) is 19.0. The van der Waals surface area contributed by atoms with Crippen molar-refractivity contribution in [3.8, 4) is 11.5 Å². The van der Waals surface area contributed by atoms with Gasteiger partial charge in [0.15, 0.2) is 0 Å². The summed E-state index contributed by atoms with van der Waals surface area (Å²) in [5.41, 5.74) is 2.23. The molecule has 0 atom stereocenters. The Bertz CT molecular complexity index is 1010. The van der Waals surface area contributed by atoms with Gasteiger partial charge in [-0.15, -0.1) is 0 Å². The zero-order chi connectivity index (χ0) is 20.1. The van der Waals surface area contributed by atoms with Gasteiger partial charge in [-0.25, -0.2) is 9.78 Å². The van der Waals surface area contributed by atoms with Gasteiger partial charge in [-0.2, -0.15) is 4.98 Å². The summed E-state index contributed by atoms with van der Waals surface area (Å²) in [7, 11) is 3.16. The summed E-state index contributed by atoms with van der Waals surface area (Å²) in [5.74, 6) is 1.18. The van der Waals surface area contributed by atoms with Crippen LogP contribution in [0.5, 0.6) is 11.5 Å². The quantitative estimate of drug-likeness (QED) is 0.565. The summed E-state index contributed by atoms with van der Waals surface area (Å²) >= 11 is 0. The maximum absolute atomic E-state index is 11.1. The number of carbonyl (C=O) groups is 1. The number of aromatic carboxylic acids is 1. The van der Waals surface area contributed by atoms with E-state index in [1.807, 2.05) is 13.0 Å². The molecule has 8 nitrogen and oxygen atoms in total. The van der Waals surface area contributed by atoms with Crippen LogP contribution in [-0.2, 0) is 0 Å². The number of carboxylic acid groups (broad SMARTS) is 1. The Morgan fingerprint density at radius 1 is 1.00 bits per heavy atom. The average molecular weight is 380 g/mol. The number of nitrogens with zero attached hydrogens (tertiary/aromatic N) is 2. The Morgan fingerprint density at radius 3 is 2.54 bits per heavy atom. The number of nitrogens with one attached hydrogen (secondary N) is 2. The van der Waals surface area contributed by atoms with E-state index >= 15 is 0 Å². The number of aryl methyl sites for hydroxylation is 1. The molecule has 0 unspecified atom stereocenters. The van der Waals surface area contributed by atoms with Crippen LogP contribution in [0.3, 0.4) is 0 Å². The molecule has 0 saturated heterocycles. The number of hydrogen-bond acceptors (Lipinski definition) is 7. The SMILES string of the molecule is COc1ccc(Nc2nc(C)cc(Nc3cccc(C(=O)O)c3)n2)c(OC)c1. The van der Waals surface area contributed by atoms with E-state index < -0.39 is 5.97 Å². The Kier molecular flexibility index (Phi) is 5.59. The van der Waals surface area contributed by atoms with Gasteiger partial charge in [0.05, 0.1) is 25.5 Å². The van der Waals surface area contributed by atoms with E-state index in [4.69, 9.17) is 14.6 Å². The van der Waals surface area contributed by atoms with E-state index in [1.165, 1.54) is 6.07 Å². The summed E-state index contributed by atoms with van der Waals surface area (Å²) < 4.78 is 10.6. The zero-order valence-electron chi connectivity index (χ0n) is 15.7. The highest BCUT2D eigenvalue weighted by Crippen LogP contribution is 2.31. The number of carboxylic acids is 1. The third-order valence-corrected chi connectivity index (χ3v) is 3.89. The number of methoxy groups -OCH3 is 2. The third kappa shape index (κ3) is 4.47. The highest BCUT2D eigenvalue weighted by atomic mass is 16.5. The molecule has 28 heavy (non-hydrogen) atoms. The molecule has 0 amide bonds. The van der Waals surface area contributed by atoms with Crippen molar-refractivity contribution < 1.29 is 19.4 Å². The molecule has 0 saturated carbocycles. The van der Waals surface area contributed by atoms with Crippen LogP contribution >= 0.6 is 0 Å². The predicted molar refractivity (Wildman–Crippen MR) is 106 cm³/mol. The molecule has 0 radical (unpaired) electrons. The number of ether oxygens (including phenoxy) is 2. The molecule has 1 aromatic heterocycles. The fourth-order valence-corrected chi connectivity index (χ4v) is 2.59. The molecule has 0 bridgehead atoms. The Labute approximate surface area is 162 Å². The highest BCUT2D eigenvalue weighted by molar-refractivity contribution is 5.89. The smallest absolute Gasteiger partial charge is 0.335 e. The lowest BCUT2D eigenvalue weighted by Gasteiger charge is -2.13. The van der Waals surface area contributed by atoms with Crippen LogP contribution in [0.4, 0.5) is 23.1 Å². The lowest BCUT2D eigenvalue weighted by atomic mass is 10.2. The van der Waals surface area contributed by atoms with Gasteiger partial charge < -0.3 is 25.2 Å². The molecule has 8 heteroatoms. The van der Waals surface area contributed by atoms with Crippen LogP contribution in [0.15, 0.2) is 48.5 Å². The van der Waals surface area contributed by atoms with Crippen LogP contribution in [0, 0.1) is 6.92 Å². The van der Waals surface area contributed by atoms with E-state index in [1.54, 1.807) is 50.6 Å². The van der Waals surface area contributed by atoms with Gasteiger partial charge in [-0.05, 0) is 37.3 Å². The highest BCUT2D eigenvalue weighted by Gasteiger charge is 2.09.